The third-order valence-electron chi connectivity index (χ3n) is 2.49. The van der Waals surface area contributed by atoms with Crippen LogP contribution in [0.2, 0.25) is 15.1 Å². The standard InChI is InChI=1S/C13H9Cl3N2O2/c14-8-4-5-12(20)18(6-8)7-11(19)17-10-3-1-2-9(15)13(10)16/h1-6H,7H2,(H,17,19). The summed E-state index contributed by atoms with van der Waals surface area (Å²) < 4.78 is 1.20. The molecule has 0 unspecified atom stereocenters. The smallest absolute Gasteiger partial charge is 0.251 e. The number of pyridine rings is 1. The summed E-state index contributed by atoms with van der Waals surface area (Å²) in [6.07, 6.45) is 1.39. The molecule has 1 amide bonds. The fourth-order valence-electron chi connectivity index (χ4n) is 1.57. The normalized spacial score (nSPS) is 10.3. The Balaban J connectivity index is 2.15. The summed E-state index contributed by atoms with van der Waals surface area (Å²) in [5, 5.41) is 3.55. The van der Waals surface area contributed by atoms with Gasteiger partial charge in [-0.15, -0.1) is 0 Å². The molecule has 1 aromatic heterocycles. The molecule has 2 aromatic rings. The van der Waals surface area contributed by atoms with Crippen LogP contribution < -0.4 is 10.9 Å². The molecule has 1 heterocycles. The molecule has 0 aliphatic carbocycles. The molecule has 1 N–H and O–H groups in total. The maximum atomic E-state index is 11.9. The molecule has 0 saturated carbocycles. The van der Waals surface area contributed by atoms with Gasteiger partial charge in [-0.25, -0.2) is 0 Å². The van der Waals surface area contributed by atoms with Gasteiger partial charge in [0, 0.05) is 12.3 Å². The molecule has 1 aromatic carbocycles. The average molecular weight is 332 g/mol. The van der Waals surface area contributed by atoms with Gasteiger partial charge in [-0.1, -0.05) is 40.9 Å². The third-order valence-corrected chi connectivity index (χ3v) is 3.53. The first-order valence-corrected chi connectivity index (χ1v) is 6.70. The van der Waals surface area contributed by atoms with Crippen LogP contribution in [0.4, 0.5) is 5.69 Å². The van der Waals surface area contributed by atoms with Crippen LogP contribution in [0.5, 0.6) is 0 Å². The minimum absolute atomic E-state index is 0.164. The van der Waals surface area contributed by atoms with Crippen molar-refractivity contribution in [1.29, 1.82) is 0 Å². The number of anilines is 1. The van der Waals surface area contributed by atoms with Crippen molar-refractivity contribution in [2.45, 2.75) is 6.54 Å². The summed E-state index contributed by atoms with van der Waals surface area (Å²) in [6, 6.07) is 7.65. The first-order chi connectivity index (χ1) is 9.47. The minimum atomic E-state index is -0.404. The highest BCUT2D eigenvalue weighted by Crippen LogP contribution is 2.29. The van der Waals surface area contributed by atoms with E-state index in [0.29, 0.717) is 15.7 Å². The Kier molecular flexibility index (Phi) is 4.70. The lowest BCUT2D eigenvalue weighted by Crippen LogP contribution is -2.26. The Morgan fingerprint density at radius 1 is 1.15 bits per heavy atom. The molecule has 0 atom stereocenters. The summed E-state index contributed by atoms with van der Waals surface area (Å²) in [6.45, 7) is -0.164. The van der Waals surface area contributed by atoms with Gasteiger partial charge < -0.3 is 9.88 Å². The third kappa shape index (κ3) is 3.54. The lowest BCUT2D eigenvalue weighted by molar-refractivity contribution is -0.116. The van der Waals surface area contributed by atoms with Crippen LogP contribution in [0.1, 0.15) is 0 Å². The average Bonchev–Trinajstić information content (AvgIpc) is 2.39. The second kappa shape index (κ2) is 6.31. The largest absolute Gasteiger partial charge is 0.323 e. The van der Waals surface area contributed by atoms with Gasteiger partial charge in [-0.2, -0.15) is 0 Å². The van der Waals surface area contributed by atoms with E-state index in [2.05, 4.69) is 5.32 Å². The van der Waals surface area contributed by atoms with E-state index in [4.69, 9.17) is 34.8 Å². The van der Waals surface area contributed by atoms with E-state index in [1.54, 1.807) is 18.2 Å². The van der Waals surface area contributed by atoms with Crippen LogP contribution in [0.15, 0.2) is 41.3 Å². The molecule has 0 saturated heterocycles. The Morgan fingerprint density at radius 3 is 2.65 bits per heavy atom. The van der Waals surface area contributed by atoms with Crippen LogP contribution in [-0.4, -0.2) is 10.5 Å². The highest BCUT2D eigenvalue weighted by molar-refractivity contribution is 6.43. The number of benzene rings is 1. The molecule has 0 bridgehead atoms. The molecule has 0 aliphatic rings. The Bertz CT molecular complexity index is 713. The van der Waals surface area contributed by atoms with E-state index in [1.807, 2.05) is 0 Å². The van der Waals surface area contributed by atoms with Gasteiger partial charge in [-0.05, 0) is 18.2 Å². The number of aromatic nitrogens is 1. The number of hydrogen-bond donors (Lipinski definition) is 1. The van der Waals surface area contributed by atoms with Crippen LogP contribution in [0, 0.1) is 0 Å². The zero-order chi connectivity index (χ0) is 14.7. The van der Waals surface area contributed by atoms with Crippen LogP contribution in [0.3, 0.4) is 0 Å². The monoisotopic (exact) mass is 330 g/mol. The number of nitrogens with zero attached hydrogens (tertiary/aromatic N) is 1. The van der Waals surface area contributed by atoms with Crippen molar-refractivity contribution in [1.82, 2.24) is 4.57 Å². The number of carbonyl (C=O) groups is 1. The fourth-order valence-corrected chi connectivity index (χ4v) is 2.10. The molecule has 20 heavy (non-hydrogen) atoms. The molecular weight excluding hydrogens is 323 g/mol. The number of halogens is 3. The molecule has 4 nitrogen and oxygen atoms in total. The van der Waals surface area contributed by atoms with Crippen molar-refractivity contribution in [2.24, 2.45) is 0 Å². The fraction of sp³-hybridized carbons (Fsp3) is 0.0769. The molecule has 7 heteroatoms. The summed E-state index contributed by atoms with van der Waals surface area (Å²) in [5.41, 5.74) is 0.0704. The quantitative estimate of drug-likeness (QED) is 0.936. The lowest BCUT2D eigenvalue weighted by Gasteiger charge is -2.09. The zero-order valence-electron chi connectivity index (χ0n) is 10.1. The second-order valence-corrected chi connectivity index (χ2v) is 5.18. The van der Waals surface area contributed by atoms with Gasteiger partial charge in [-0.3, -0.25) is 9.59 Å². The molecule has 0 spiro atoms. The molecule has 0 aliphatic heterocycles. The number of nitrogens with one attached hydrogen (secondary N) is 1. The van der Waals surface area contributed by atoms with Crippen molar-refractivity contribution in [3.63, 3.8) is 0 Å². The van der Waals surface area contributed by atoms with Gasteiger partial charge in [0.2, 0.25) is 5.91 Å². The molecule has 104 valence electrons. The van der Waals surface area contributed by atoms with E-state index in [1.165, 1.54) is 22.9 Å². The highest BCUT2D eigenvalue weighted by Gasteiger charge is 2.09. The first kappa shape index (κ1) is 14.9. The van der Waals surface area contributed by atoms with Gasteiger partial charge in [0.05, 0.1) is 20.8 Å². The second-order valence-electron chi connectivity index (χ2n) is 3.96. The molecule has 0 radical (unpaired) electrons. The summed E-state index contributed by atoms with van der Waals surface area (Å²) in [4.78, 5) is 23.5. The van der Waals surface area contributed by atoms with E-state index in [9.17, 15) is 9.59 Å². The van der Waals surface area contributed by atoms with E-state index < -0.39 is 5.91 Å². The van der Waals surface area contributed by atoms with Gasteiger partial charge in [0.25, 0.3) is 5.56 Å². The number of rotatable bonds is 3. The SMILES string of the molecule is O=C(Cn1cc(Cl)ccc1=O)Nc1cccc(Cl)c1Cl. The maximum Gasteiger partial charge on any atom is 0.251 e. The Morgan fingerprint density at radius 2 is 1.90 bits per heavy atom. The van der Waals surface area contributed by atoms with Crippen LogP contribution in [0.25, 0.3) is 0 Å². The maximum absolute atomic E-state index is 11.9. The van der Waals surface area contributed by atoms with Crippen molar-refractivity contribution in [3.05, 3.63) is 62.0 Å². The summed E-state index contributed by atoms with van der Waals surface area (Å²) in [5.74, 6) is -0.404. The van der Waals surface area contributed by atoms with Crippen LogP contribution in [-0.2, 0) is 11.3 Å². The minimum Gasteiger partial charge on any atom is -0.323 e. The van der Waals surface area contributed by atoms with Crippen molar-refractivity contribution in [2.75, 3.05) is 5.32 Å². The summed E-state index contributed by atoms with van der Waals surface area (Å²) in [7, 11) is 0. The number of amides is 1. The van der Waals surface area contributed by atoms with E-state index in [0.717, 1.165) is 0 Å². The Hall–Kier alpha value is -1.49. The predicted molar refractivity (Wildman–Crippen MR) is 80.8 cm³/mol. The van der Waals surface area contributed by atoms with Gasteiger partial charge in [0.1, 0.15) is 6.54 Å². The van der Waals surface area contributed by atoms with Crippen molar-refractivity contribution >= 4 is 46.4 Å². The van der Waals surface area contributed by atoms with E-state index >= 15 is 0 Å². The highest BCUT2D eigenvalue weighted by atomic mass is 35.5. The lowest BCUT2D eigenvalue weighted by atomic mass is 10.3. The molecule has 0 fully saturated rings. The van der Waals surface area contributed by atoms with Crippen molar-refractivity contribution in [3.8, 4) is 0 Å². The molecule has 2 rings (SSSR count). The van der Waals surface area contributed by atoms with Gasteiger partial charge in [0.15, 0.2) is 0 Å². The molecular formula is C13H9Cl3N2O2. The first-order valence-electron chi connectivity index (χ1n) is 5.57. The Labute approximate surface area is 129 Å². The van der Waals surface area contributed by atoms with Gasteiger partial charge >= 0.3 is 0 Å². The summed E-state index contributed by atoms with van der Waals surface area (Å²) >= 11 is 17.6. The van der Waals surface area contributed by atoms with E-state index in [-0.39, 0.29) is 17.1 Å². The zero-order valence-corrected chi connectivity index (χ0v) is 12.3. The topological polar surface area (TPSA) is 51.1 Å². The number of carbonyl (C=O) groups excluding carboxylic acids is 1. The van der Waals surface area contributed by atoms with Crippen molar-refractivity contribution < 1.29 is 4.79 Å². The van der Waals surface area contributed by atoms with Crippen LogP contribution >= 0.6 is 34.8 Å². The predicted octanol–water partition coefficient (Wildman–Crippen LogP) is 3.45. The number of hydrogen-bond acceptors (Lipinski definition) is 2.